The zero-order valence-corrected chi connectivity index (χ0v) is 14.4. The molecule has 0 aliphatic rings. The number of ether oxygens (including phenoxy) is 2. The Labute approximate surface area is 145 Å². The van der Waals surface area contributed by atoms with Crippen molar-refractivity contribution in [3.05, 3.63) is 58.9 Å². The zero-order valence-electron chi connectivity index (χ0n) is 14.4. The molecule has 0 aromatic heterocycles. The maximum absolute atomic E-state index is 13.6. The van der Waals surface area contributed by atoms with Crippen LogP contribution in [0, 0.1) is 26.6 Å². The predicted octanol–water partition coefficient (Wildman–Crippen LogP) is 3.31. The summed E-state index contributed by atoms with van der Waals surface area (Å²) in [4.78, 5) is 23.4. The first-order chi connectivity index (χ1) is 11.8. The number of hydrogen-bond donors (Lipinski definition) is 1. The molecule has 25 heavy (non-hydrogen) atoms. The van der Waals surface area contributed by atoms with Crippen LogP contribution in [0.2, 0.25) is 0 Å². The number of aryl methyl sites for hydroxylation is 3. The number of carbonyl (C=O) groups is 2. The van der Waals surface area contributed by atoms with Gasteiger partial charge in [-0.1, -0.05) is 12.1 Å². The first-order valence-corrected chi connectivity index (χ1v) is 7.76. The molecule has 1 N–H and O–H groups in total. The Balaban J connectivity index is 1.78. The molecule has 0 aliphatic carbocycles. The van der Waals surface area contributed by atoms with E-state index < -0.39 is 24.3 Å². The maximum Gasteiger partial charge on any atom is 0.344 e. The van der Waals surface area contributed by atoms with Gasteiger partial charge < -0.3 is 14.8 Å². The molecule has 5 nitrogen and oxygen atoms in total. The van der Waals surface area contributed by atoms with Crippen LogP contribution in [0.1, 0.15) is 16.7 Å². The first kappa shape index (κ1) is 18.4. The van der Waals surface area contributed by atoms with E-state index in [1.165, 1.54) is 12.1 Å². The van der Waals surface area contributed by atoms with E-state index in [0.29, 0.717) is 5.75 Å². The van der Waals surface area contributed by atoms with Gasteiger partial charge in [-0.15, -0.1) is 0 Å². The lowest BCUT2D eigenvalue weighted by Gasteiger charge is -2.09. The summed E-state index contributed by atoms with van der Waals surface area (Å²) >= 11 is 0. The Morgan fingerprint density at radius 2 is 1.64 bits per heavy atom. The van der Waals surface area contributed by atoms with E-state index in [9.17, 15) is 14.0 Å². The van der Waals surface area contributed by atoms with Gasteiger partial charge in [-0.05, 0) is 61.7 Å². The van der Waals surface area contributed by atoms with Gasteiger partial charge >= 0.3 is 5.97 Å². The highest BCUT2D eigenvalue weighted by Gasteiger charge is 2.11. The molecule has 1 amide bonds. The van der Waals surface area contributed by atoms with Crippen LogP contribution in [-0.4, -0.2) is 25.1 Å². The topological polar surface area (TPSA) is 64.6 Å². The molecule has 0 fully saturated rings. The van der Waals surface area contributed by atoms with Crippen molar-refractivity contribution in [1.82, 2.24) is 0 Å². The molecule has 2 aromatic rings. The standard InChI is InChI=1S/C19H20FNO4/c1-12-4-5-17(16(20)9-12)21-18(22)10-25-19(23)11-24-15-7-13(2)6-14(3)8-15/h4-9H,10-11H2,1-3H3,(H,21,22). The van der Waals surface area contributed by atoms with Crippen LogP contribution >= 0.6 is 0 Å². The minimum Gasteiger partial charge on any atom is -0.482 e. The number of anilines is 1. The molecule has 0 aliphatic heterocycles. The van der Waals surface area contributed by atoms with Gasteiger partial charge in [0.05, 0.1) is 5.69 Å². The van der Waals surface area contributed by atoms with Crippen molar-refractivity contribution in [2.75, 3.05) is 18.5 Å². The number of nitrogens with one attached hydrogen (secondary N) is 1. The normalized spacial score (nSPS) is 10.2. The molecule has 0 heterocycles. The highest BCUT2D eigenvalue weighted by atomic mass is 19.1. The summed E-state index contributed by atoms with van der Waals surface area (Å²) in [7, 11) is 0. The highest BCUT2D eigenvalue weighted by Crippen LogP contribution is 2.16. The first-order valence-electron chi connectivity index (χ1n) is 7.76. The van der Waals surface area contributed by atoms with E-state index in [2.05, 4.69) is 5.32 Å². The minimum atomic E-state index is -0.682. The molecule has 0 radical (unpaired) electrons. The number of benzene rings is 2. The van der Waals surface area contributed by atoms with Crippen LogP contribution in [0.4, 0.5) is 10.1 Å². The summed E-state index contributed by atoms with van der Waals surface area (Å²) in [5, 5.41) is 2.35. The number of halogens is 1. The minimum absolute atomic E-state index is 0.0399. The maximum atomic E-state index is 13.6. The molecule has 0 atom stereocenters. The Kier molecular flexibility index (Phi) is 6.11. The van der Waals surface area contributed by atoms with E-state index in [4.69, 9.17) is 9.47 Å². The number of rotatable bonds is 6. The highest BCUT2D eigenvalue weighted by molar-refractivity contribution is 5.93. The van der Waals surface area contributed by atoms with Crippen molar-refractivity contribution in [3.8, 4) is 5.75 Å². The molecule has 0 spiro atoms. The molecular formula is C19H20FNO4. The van der Waals surface area contributed by atoms with Gasteiger partial charge in [0.1, 0.15) is 11.6 Å². The molecular weight excluding hydrogens is 325 g/mol. The Bertz CT molecular complexity index is 769. The van der Waals surface area contributed by atoms with Crippen molar-refractivity contribution < 1.29 is 23.5 Å². The van der Waals surface area contributed by atoms with Gasteiger partial charge in [-0.2, -0.15) is 0 Å². The van der Waals surface area contributed by atoms with E-state index in [-0.39, 0.29) is 12.3 Å². The largest absolute Gasteiger partial charge is 0.482 e. The molecule has 2 aromatic carbocycles. The van der Waals surface area contributed by atoms with Gasteiger partial charge in [-0.25, -0.2) is 9.18 Å². The molecule has 0 unspecified atom stereocenters. The third-order valence-electron chi connectivity index (χ3n) is 3.31. The van der Waals surface area contributed by atoms with Crippen LogP contribution in [0.5, 0.6) is 5.75 Å². The second-order valence-corrected chi connectivity index (χ2v) is 5.80. The smallest absolute Gasteiger partial charge is 0.344 e. The van der Waals surface area contributed by atoms with E-state index in [1.54, 1.807) is 25.1 Å². The Hall–Kier alpha value is -2.89. The van der Waals surface area contributed by atoms with Crippen molar-refractivity contribution in [1.29, 1.82) is 0 Å². The lowest BCUT2D eigenvalue weighted by atomic mass is 10.1. The fraction of sp³-hybridized carbons (Fsp3) is 0.263. The van der Waals surface area contributed by atoms with Gasteiger partial charge in [0, 0.05) is 0 Å². The summed E-state index contributed by atoms with van der Waals surface area (Å²) in [6.07, 6.45) is 0. The third-order valence-corrected chi connectivity index (χ3v) is 3.31. The van der Waals surface area contributed by atoms with Gasteiger partial charge in [0.15, 0.2) is 13.2 Å². The summed E-state index contributed by atoms with van der Waals surface area (Å²) in [6.45, 7) is 4.77. The van der Waals surface area contributed by atoms with E-state index in [1.807, 2.05) is 19.9 Å². The number of esters is 1. The average molecular weight is 345 g/mol. The molecule has 2 rings (SSSR count). The van der Waals surface area contributed by atoms with Gasteiger partial charge in [0.25, 0.3) is 5.91 Å². The molecule has 0 bridgehead atoms. The van der Waals surface area contributed by atoms with Crippen LogP contribution < -0.4 is 10.1 Å². The SMILES string of the molecule is Cc1cc(C)cc(OCC(=O)OCC(=O)Nc2ccc(C)cc2F)c1. The van der Waals surface area contributed by atoms with Crippen molar-refractivity contribution in [2.24, 2.45) is 0 Å². The van der Waals surface area contributed by atoms with Crippen LogP contribution in [0.25, 0.3) is 0 Å². The number of amides is 1. The Morgan fingerprint density at radius 1 is 0.960 bits per heavy atom. The second-order valence-electron chi connectivity index (χ2n) is 5.80. The van der Waals surface area contributed by atoms with Gasteiger partial charge in [-0.3, -0.25) is 4.79 Å². The predicted molar refractivity (Wildman–Crippen MR) is 92.1 cm³/mol. The summed E-state index contributed by atoms with van der Waals surface area (Å²) < 4.78 is 23.8. The molecule has 0 saturated carbocycles. The van der Waals surface area contributed by atoms with E-state index >= 15 is 0 Å². The Morgan fingerprint density at radius 3 is 2.28 bits per heavy atom. The average Bonchev–Trinajstić information content (AvgIpc) is 2.53. The van der Waals surface area contributed by atoms with Crippen LogP contribution in [-0.2, 0) is 14.3 Å². The fourth-order valence-corrected chi connectivity index (χ4v) is 2.25. The molecule has 132 valence electrons. The summed E-state index contributed by atoms with van der Waals surface area (Å²) in [6, 6.07) is 10.0. The number of hydrogen-bond acceptors (Lipinski definition) is 4. The zero-order chi connectivity index (χ0) is 18.4. The lowest BCUT2D eigenvalue weighted by molar-refractivity contribution is -0.149. The van der Waals surface area contributed by atoms with Gasteiger partial charge in [0.2, 0.25) is 0 Å². The third kappa shape index (κ3) is 5.91. The molecule has 6 heteroatoms. The lowest BCUT2D eigenvalue weighted by Crippen LogP contribution is -2.24. The van der Waals surface area contributed by atoms with Crippen molar-refractivity contribution in [2.45, 2.75) is 20.8 Å². The second kappa shape index (κ2) is 8.28. The number of carbonyl (C=O) groups excluding carboxylic acids is 2. The quantitative estimate of drug-likeness (QED) is 0.816. The van der Waals surface area contributed by atoms with Crippen LogP contribution in [0.15, 0.2) is 36.4 Å². The summed E-state index contributed by atoms with van der Waals surface area (Å²) in [5.74, 6) is -1.29. The van der Waals surface area contributed by atoms with Crippen molar-refractivity contribution >= 4 is 17.6 Å². The summed E-state index contributed by atoms with van der Waals surface area (Å²) in [5.41, 5.74) is 2.81. The van der Waals surface area contributed by atoms with Crippen LogP contribution in [0.3, 0.4) is 0 Å². The molecule has 0 saturated heterocycles. The van der Waals surface area contributed by atoms with E-state index in [0.717, 1.165) is 16.7 Å². The monoisotopic (exact) mass is 345 g/mol. The fourth-order valence-electron chi connectivity index (χ4n) is 2.25. The van der Waals surface area contributed by atoms with Crippen molar-refractivity contribution in [3.63, 3.8) is 0 Å².